The standard InChI is InChI=1S/C44H28N6.C42H24N6O2.C42H24N6S2/c45-27-37-43(29-17-21-35(22-18-29)49-39-13-5-1-9-31(39)25-32-10-2-6-14-40(32)49)47-38(28-46)44(48-37)30-19-23-36(24-20-30)50-41-15-7-3-11-33(41)26-34-12-4-8-16-42(34)50;2*43-25-31-41(27-17-21-29(22-18-27)47-33-9-1-5-13-37(33)49-38-14-6-2-10-34(38)47)45-32(26-44)42(46-31)28-19-23-30(24-20-28)48-35-11-3-7-15-39(35)50-40-16-8-4-12-36(40)48/h1-24H,25-26H2;2*1-24H. The Morgan fingerprint density at radius 3 is 0.520 bits per heavy atom. The lowest BCUT2D eigenvalue weighted by Crippen LogP contribution is -2.18. The fourth-order valence-corrected chi connectivity index (χ4v) is 22.4. The van der Waals surface area contributed by atoms with Gasteiger partial charge in [0.15, 0.2) is 57.2 Å². The van der Waals surface area contributed by atoms with E-state index in [0.717, 1.165) is 149 Å². The predicted octanol–water partition coefficient (Wildman–Crippen LogP) is 32.4. The van der Waals surface area contributed by atoms with Gasteiger partial charge in [-0.05, 0) is 216 Å². The summed E-state index contributed by atoms with van der Waals surface area (Å²) in [6, 6.07) is 159. The molecule has 6 aliphatic heterocycles. The molecule has 0 fully saturated rings. The van der Waals surface area contributed by atoms with Gasteiger partial charge < -0.3 is 38.9 Å². The number of hydrogen-bond acceptors (Lipinski definition) is 22. The van der Waals surface area contributed by atoms with Crippen molar-refractivity contribution in [3.05, 3.63) is 493 Å². The SMILES string of the molecule is N#Cc1nc(-c2ccc(N3c4ccccc4Cc4ccccc43)cc2)c(C#N)nc1-c1ccc(N2c3ccccc3Cc3ccccc32)cc1.N#Cc1nc(-c2ccc(N3c4ccccc4Oc4ccccc43)cc2)c(C#N)nc1-c1ccc(N2c3ccccc3Oc3ccccc32)cc1.N#Cc1nc(-c2ccc(N3c4ccccc4Sc4ccccc43)cc2)c(C#N)nc1-c1ccc(N2c3ccccc3Sc3ccccc32)cc1. The van der Waals surface area contributed by atoms with Crippen LogP contribution in [0.25, 0.3) is 67.5 Å². The number of ether oxygens (including phenoxy) is 2. The number of fused-ring (bicyclic) bond motifs is 12. The van der Waals surface area contributed by atoms with Gasteiger partial charge >= 0.3 is 0 Å². The molecule has 0 N–H and O–H groups in total. The van der Waals surface area contributed by atoms with Gasteiger partial charge in [0.25, 0.3) is 0 Å². The average molecular weight is 1960 g/mol. The van der Waals surface area contributed by atoms with Crippen LogP contribution in [0.1, 0.15) is 56.4 Å². The van der Waals surface area contributed by atoms with Crippen LogP contribution in [0.3, 0.4) is 0 Å². The molecule has 0 spiro atoms. The van der Waals surface area contributed by atoms with Crippen molar-refractivity contribution in [3.8, 4) is 127 Å². The zero-order valence-corrected chi connectivity index (χ0v) is 81.3. The summed E-state index contributed by atoms with van der Waals surface area (Å²) in [5.41, 5.74) is 30.9. The molecule has 0 amide bonds. The molecule has 20 nitrogen and oxygen atoms in total. The predicted molar refractivity (Wildman–Crippen MR) is 589 cm³/mol. The highest BCUT2D eigenvalue weighted by Crippen LogP contribution is 2.58. The molecule has 9 heterocycles. The average Bonchev–Trinajstić information content (AvgIpc) is 1.06. The molecule has 6 aliphatic rings. The summed E-state index contributed by atoms with van der Waals surface area (Å²) >= 11 is 3.52. The van der Waals surface area contributed by atoms with Crippen molar-refractivity contribution in [3.63, 3.8) is 0 Å². The van der Waals surface area contributed by atoms with Gasteiger partial charge in [0.2, 0.25) is 0 Å². The topological polar surface area (TPSA) is 258 Å². The quantitative estimate of drug-likeness (QED) is 0.110. The van der Waals surface area contributed by atoms with E-state index in [4.69, 9.17) is 29.4 Å². The molecule has 22 heteroatoms. The zero-order chi connectivity index (χ0) is 101. The summed E-state index contributed by atoms with van der Waals surface area (Å²) in [6.07, 6.45) is 1.77. The molecule has 21 aromatic rings. The second kappa shape index (κ2) is 38.8. The van der Waals surface area contributed by atoms with Crippen LogP contribution in [0.15, 0.2) is 456 Å². The van der Waals surface area contributed by atoms with Gasteiger partial charge in [0, 0.05) is 123 Å². The summed E-state index contributed by atoms with van der Waals surface area (Å²) < 4.78 is 12.3. The van der Waals surface area contributed by atoms with Gasteiger partial charge in [0.1, 0.15) is 70.6 Å². The molecule has 3 aromatic heterocycles. The fraction of sp³-hybridized carbons (Fsp3) is 0.0156. The van der Waals surface area contributed by atoms with Crippen LogP contribution in [0.2, 0.25) is 0 Å². The Morgan fingerprint density at radius 2 is 0.327 bits per heavy atom. The molecule has 0 saturated heterocycles. The second-order valence-corrected chi connectivity index (χ2v) is 38.0. The van der Waals surface area contributed by atoms with E-state index >= 15 is 0 Å². The first kappa shape index (κ1) is 90.5. The third kappa shape index (κ3) is 16.4. The minimum atomic E-state index is 0.133. The summed E-state index contributed by atoms with van der Waals surface area (Å²) in [5.74, 6) is 3.04. The van der Waals surface area contributed by atoms with Crippen molar-refractivity contribution in [2.75, 3.05) is 29.4 Å². The van der Waals surface area contributed by atoms with Crippen LogP contribution in [0.4, 0.5) is 102 Å². The van der Waals surface area contributed by atoms with Gasteiger partial charge in [-0.25, -0.2) is 29.9 Å². The van der Waals surface area contributed by atoms with Crippen molar-refractivity contribution >= 4 is 126 Å². The third-order valence-electron chi connectivity index (χ3n) is 27.1. The number of anilines is 18. The molecular formula is C128H76N18O2S2. The van der Waals surface area contributed by atoms with Crippen molar-refractivity contribution < 1.29 is 9.47 Å². The first-order valence-electron chi connectivity index (χ1n) is 48.5. The maximum absolute atomic E-state index is 10.2. The van der Waals surface area contributed by atoms with E-state index in [-0.39, 0.29) is 34.2 Å². The Bertz CT molecular complexity index is 7640. The molecule has 150 heavy (non-hydrogen) atoms. The van der Waals surface area contributed by atoms with E-state index in [9.17, 15) is 31.6 Å². The Hall–Kier alpha value is -20.8. The summed E-state index contributed by atoms with van der Waals surface area (Å²) in [5, 5.41) is 61.4. The number of aromatic nitrogens is 6. The zero-order valence-electron chi connectivity index (χ0n) is 79.7. The van der Waals surface area contributed by atoms with Crippen molar-refractivity contribution in [2.45, 2.75) is 32.4 Å². The summed E-state index contributed by atoms with van der Waals surface area (Å²) in [6.45, 7) is 0. The number of para-hydroxylation sites is 16. The molecule has 0 bridgehead atoms. The highest BCUT2D eigenvalue weighted by molar-refractivity contribution is 8.00. The van der Waals surface area contributed by atoms with E-state index in [1.54, 1.807) is 23.5 Å². The second-order valence-electron chi connectivity index (χ2n) is 35.8. The molecule has 0 aliphatic carbocycles. The summed E-state index contributed by atoms with van der Waals surface area (Å²) in [4.78, 5) is 46.3. The minimum Gasteiger partial charge on any atom is -0.453 e. The van der Waals surface area contributed by atoms with Crippen LogP contribution in [-0.4, -0.2) is 29.9 Å². The highest BCUT2D eigenvalue weighted by Gasteiger charge is 2.34. The Kier molecular flexibility index (Phi) is 23.4. The lowest BCUT2D eigenvalue weighted by molar-refractivity contribution is 0.477. The lowest BCUT2D eigenvalue weighted by Gasteiger charge is -2.33. The van der Waals surface area contributed by atoms with E-state index in [1.807, 2.05) is 267 Å². The largest absolute Gasteiger partial charge is 0.453 e. The molecule has 0 atom stereocenters. The number of nitrogens with zero attached hydrogens (tertiary/aromatic N) is 18. The highest BCUT2D eigenvalue weighted by atomic mass is 32.2. The molecule has 27 rings (SSSR count). The van der Waals surface area contributed by atoms with Crippen LogP contribution in [0.5, 0.6) is 23.0 Å². The van der Waals surface area contributed by atoms with Crippen LogP contribution in [0, 0.1) is 68.0 Å². The fourth-order valence-electron chi connectivity index (χ4n) is 20.3. The first-order chi connectivity index (χ1) is 74.1. The van der Waals surface area contributed by atoms with Crippen molar-refractivity contribution in [1.29, 1.82) is 31.6 Å². The van der Waals surface area contributed by atoms with Gasteiger partial charge in [0.05, 0.1) is 45.5 Å². The molecule has 0 unspecified atom stereocenters. The number of rotatable bonds is 12. The first-order valence-corrected chi connectivity index (χ1v) is 50.1. The number of nitriles is 6. The Balaban J connectivity index is 0.000000116. The molecule has 0 saturated carbocycles. The molecule has 18 aromatic carbocycles. The van der Waals surface area contributed by atoms with E-state index in [2.05, 4.69) is 246 Å². The van der Waals surface area contributed by atoms with Gasteiger partial charge in [-0.15, -0.1) is 0 Å². The van der Waals surface area contributed by atoms with E-state index < -0.39 is 0 Å². The number of benzene rings is 18. The molecule has 0 radical (unpaired) electrons. The van der Waals surface area contributed by atoms with Crippen molar-refractivity contribution in [2.24, 2.45) is 0 Å². The van der Waals surface area contributed by atoms with Gasteiger partial charge in [-0.1, -0.05) is 266 Å². The van der Waals surface area contributed by atoms with Gasteiger partial charge in [-0.3, -0.25) is 0 Å². The third-order valence-corrected chi connectivity index (χ3v) is 29.4. The monoisotopic (exact) mass is 1960 g/mol. The molecular weight excluding hydrogens is 1890 g/mol. The maximum Gasteiger partial charge on any atom is 0.167 e. The van der Waals surface area contributed by atoms with Crippen LogP contribution in [-0.2, 0) is 12.8 Å². The molecule has 702 valence electrons. The summed E-state index contributed by atoms with van der Waals surface area (Å²) in [7, 11) is 0. The Morgan fingerprint density at radius 1 is 0.173 bits per heavy atom. The lowest BCUT2D eigenvalue weighted by atomic mass is 9.95. The number of hydrogen-bond donors (Lipinski definition) is 0. The van der Waals surface area contributed by atoms with E-state index in [1.165, 1.54) is 41.8 Å². The maximum atomic E-state index is 10.2. The van der Waals surface area contributed by atoms with Crippen LogP contribution >= 0.6 is 23.5 Å². The van der Waals surface area contributed by atoms with Gasteiger partial charge in [-0.2, -0.15) is 31.6 Å². The van der Waals surface area contributed by atoms with E-state index in [0.29, 0.717) is 56.4 Å². The normalized spacial score (nSPS) is 12.4. The Labute approximate surface area is 872 Å². The minimum absolute atomic E-state index is 0.133. The van der Waals surface area contributed by atoms with Crippen molar-refractivity contribution in [1.82, 2.24) is 29.9 Å². The van der Waals surface area contributed by atoms with Crippen LogP contribution < -0.4 is 38.9 Å². The smallest absolute Gasteiger partial charge is 0.167 e.